The van der Waals surface area contributed by atoms with Gasteiger partial charge in [-0.3, -0.25) is 9.79 Å². The van der Waals surface area contributed by atoms with E-state index in [2.05, 4.69) is 34.3 Å². The minimum absolute atomic E-state index is 0. The van der Waals surface area contributed by atoms with Crippen molar-refractivity contribution in [2.45, 2.75) is 45.3 Å². The standard InChI is InChI=1S/C20H30N4O2.HI/c1-3-26-18-10-13-23(14-11-18)20(21-2)22-15-16-6-8-17(9-7-16)24-12-4-5-19(24)25;/h6-9,18H,3-5,10-15H2,1-2H3,(H,21,22);1H. The zero-order valence-corrected chi connectivity index (χ0v) is 18.6. The highest BCUT2D eigenvalue weighted by molar-refractivity contribution is 14.0. The molecule has 150 valence electrons. The van der Waals surface area contributed by atoms with Crippen molar-refractivity contribution < 1.29 is 9.53 Å². The molecule has 27 heavy (non-hydrogen) atoms. The molecule has 2 fully saturated rings. The Kier molecular flexibility index (Phi) is 8.82. The smallest absolute Gasteiger partial charge is 0.227 e. The molecule has 1 N–H and O–H groups in total. The quantitative estimate of drug-likeness (QED) is 0.395. The number of nitrogens with one attached hydrogen (secondary N) is 1. The van der Waals surface area contributed by atoms with Crippen LogP contribution in [0.1, 0.15) is 38.2 Å². The number of hydrogen-bond acceptors (Lipinski definition) is 3. The van der Waals surface area contributed by atoms with Gasteiger partial charge in [-0.15, -0.1) is 24.0 Å². The van der Waals surface area contributed by atoms with Crippen molar-refractivity contribution >= 4 is 41.5 Å². The molecule has 0 radical (unpaired) electrons. The highest BCUT2D eigenvalue weighted by atomic mass is 127. The van der Waals surface area contributed by atoms with Crippen molar-refractivity contribution in [3.05, 3.63) is 29.8 Å². The van der Waals surface area contributed by atoms with Gasteiger partial charge in [0.1, 0.15) is 0 Å². The van der Waals surface area contributed by atoms with Crippen LogP contribution < -0.4 is 10.2 Å². The molecule has 0 bridgehead atoms. The third-order valence-corrected chi connectivity index (χ3v) is 5.13. The van der Waals surface area contributed by atoms with E-state index >= 15 is 0 Å². The van der Waals surface area contributed by atoms with Gasteiger partial charge in [-0.25, -0.2) is 0 Å². The molecule has 2 aliphatic heterocycles. The summed E-state index contributed by atoms with van der Waals surface area (Å²) < 4.78 is 5.72. The van der Waals surface area contributed by atoms with Crippen LogP contribution >= 0.6 is 24.0 Å². The first-order chi connectivity index (χ1) is 12.7. The molecule has 0 spiro atoms. The zero-order valence-electron chi connectivity index (χ0n) is 16.3. The van der Waals surface area contributed by atoms with Crippen molar-refractivity contribution in [3.63, 3.8) is 0 Å². The second-order valence-corrected chi connectivity index (χ2v) is 6.86. The number of carbonyl (C=O) groups excluding carboxylic acids is 1. The first-order valence-electron chi connectivity index (χ1n) is 9.67. The number of ether oxygens (including phenoxy) is 1. The molecule has 3 rings (SSSR count). The summed E-state index contributed by atoms with van der Waals surface area (Å²) >= 11 is 0. The van der Waals surface area contributed by atoms with Gasteiger partial charge in [-0.05, 0) is 43.9 Å². The lowest BCUT2D eigenvalue weighted by Crippen LogP contribution is -2.46. The van der Waals surface area contributed by atoms with Crippen LogP contribution in [0.3, 0.4) is 0 Å². The Morgan fingerprint density at radius 1 is 1.22 bits per heavy atom. The van der Waals surface area contributed by atoms with E-state index in [4.69, 9.17) is 4.74 Å². The topological polar surface area (TPSA) is 57.2 Å². The van der Waals surface area contributed by atoms with Crippen LogP contribution in [-0.2, 0) is 16.1 Å². The van der Waals surface area contributed by atoms with E-state index in [-0.39, 0.29) is 29.9 Å². The van der Waals surface area contributed by atoms with Gasteiger partial charge in [0.25, 0.3) is 0 Å². The van der Waals surface area contributed by atoms with E-state index in [1.807, 2.05) is 24.1 Å². The number of piperidine rings is 1. The van der Waals surface area contributed by atoms with Crippen LogP contribution in [0.5, 0.6) is 0 Å². The maximum Gasteiger partial charge on any atom is 0.227 e. The second kappa shape index (κ2) is 10.8. The molecule has 0 unspecified atom stereocenters. The lowest BCUT2D eigenvalue weighted by Gasteiger charge is -2.34. The van der Waals surface area contributed by atoms with Crippen LogP contribution in [0.15, 0.2) is 29.3 Å². The van der Waals surface area contributed by atoms with Crippen molar-refractivity contribution in [1.82, 2.24) is 10.2 Å². The van der Waals surface area contributed by atoms with E-state index in [9.17, 15) is 4.79 Å². The first-order valence-corrected chi connectivity index (χ1v) is 9.67. The van der Waals surface area contributed by atoms with Gasteiger partial charge < -0.3 is 19.9 Å². The Morgan fingerprint density at radius 3 is 2.48 bits per heavy atom. The molecule has 7 heteroatoms. The predicted octanol–water partition coefficient (Wildman–Crippen LogP) is 3.01. The number of carbonyl (C=O) groups is 1. The van der Waals surface area contributed by atoms with E-state index in [0.717, 1.165) is 63.7 Å². The molecule has 0 saturated carbocycles. The third-order valence-electron chi connectivity index (χ3n) is 5.13. The van der Waals surface area contributed by atoms with Gasteiger partial charge in [-0.2, -0.15) is 0 Å². The molecule has 0 aromatic heterocycles. The Bertz CT molecular complexity index is 627. The van der Waals surface area contributed by atoms with Gasteiger partial charge in [-0.1, -0.05) is 12.1 Å². The summed E-state index contributed by atoms with van der Waals surface area (Å²) in [6, 6.07) is 8.25. The first kappa shape index (κ1) is 21.9. The Hall–Kier alpha value is -1.35. The SMILES string of the molecule is CCOC1CCN(C(=NC)NCc2ccc(N3CCCC3=O)cc2)CC1.I. The summed E-state index contributed by atoms with van der Waals surface area (Å²) in [5.74, 6) is 1.17. The highest BCUT2D eigenvalue weighted by Gasteiger charge is 2.22. The van der Waals surface area contributed by atoms with Crippen molar-refractivity contribution in [3.8, 4) is 0 Å². The van der Waals surface area contributed by atoms with E-state index in [0.29, 0.717) is 12.5 Å². The van der Waals surface area contributed by atoms with E-state index in [1.54, 1.807) is 0 Å². The third kappa shape index (κ3) is 5.81. The van der Waals surface area contributed by atoms with Crippen LogP contribution in [0, 0.1) is 0 Å². The molecule has 2 saturated heterocycles. The lowest BCUT2D eigenvalue weighted by atomic mass is 10.1. The summed E-state index contributed by atoms with van der Waals surface area (Å²) in [6.45, 7) is 6.35. The zero-order chi connectivity index (χ0) is 18.4. The van der Waals surface area contributed by atoms with Crippen LogP contribution in [0.4, 0.5) is 5.69 Å². The number of anilines is 1. The normalized spacial score (nSPS) is 18.6. The molecule has 1 amide bonds. The fraction of sp³-hybridized carbons (Fsp3) is 0.600. The Labute approximate surface area is 179 Å². The van der Waals surface area contributed by atoms with Crippen molar-refractivity contribution in [2.75, 3.05) is 38.2 Å². The van der Waals surface area contributed by atoms with E-state index < -0.39 is 0 Å². The molecule has 1 aromatic rings. The number of halogens is 1. The number of amides is 1. The average Bonchev–Trinajstić information content (AvgIpc) is 3.10. The lowest BCUT2D eigenvalue weighted by molar-refractivity contribution is -0.117. The summed E-state index contributed by atoms with van der Waals surface area (Å²) in [5, 5.41) is 3.45. The van der Waals surface area contributed by atoms with Gasteiger partial charge in [0.15, 0.2) is 5.96 Å². The molecule has 6 nitrogen and oxygen atoms in total. The predicted molar refractivity (Wildman–Crippen MR) is 120 cm³/mol. The van der Waals surface area contributed by atoms with Crippen LogP contribution in [0.25, 0.3) is 0 Å². The Morgan fingerprint density at radius 2 is 1.93 bits per heavy atom. The monoisotopic (exact) mass is 486 g/mol. The molecule has 2 heterocycles. The van der Waals surface area contributed by atoms with Gasteiger partial charge in [0.2, 0.25) is 5.91 Å². The number of aliphatic imine (C=N–C) groups is 1. The fourth-order valence-corrected chi connectivity index (χ4v) is 3.70. The molecule has 0 aliphatic carbocycles. The van der Waals surface area contributed by atoms with Crippen LogP contribution in [0.2, 0.25) is 0 Å². The number of rotatable bonds is 5. The molecular weight excluding hydrogens is 455 g/mol. The number of nitrogens with zero attached hydrogens (tertiary/aromatic N) is 3. The largest absolute Gasteiger partial charge is 0.378 e. The van der Waals surface area contributed by atoms with Gasteiger partial charge in [0, 0.05) is 51.9 Å². The van der Waals surface area contributed by atoms with E-state index in [1.165, 1.54) is 5.56 Å². The summed E-state index contributed by atoms with van der Waals surface area (Å²) in [5.41, 5.74) is 2.18. The Balaban J connectivity index is 0.00000261. The average molecular weight is 486 g/mol. The molecule has 2 aliphatic rings. The number of likely N-dealkylation sites (tertiary alicyclic amines) is 1. The summed E-state index contributed by atoms with van der Waals surface area (Å²) in [4.78, 5) is 20.4. The maximum atomic E-state index is 11.8. The summed E-state index contributed by atoms with van der Waals surface area (Å²) in [6.07, 6.45) is 4.10. The molecular formula is C20H31IN4O2. The van der Waals surface area contributed by atoms with Crippen molar-refractivity contribution in [2.24, 2.45) is 4.99 Å². The highest BCUT2D eigenvalue weighted by Crippen LogP contribution is 2.21. The second-order valence-electron chi connectivity index (χ2n) is 6.86. The fourth-order valence-electron chi connectivity index (χ4n) is 3.70. The van der Waals surface area contributed by atoms with Gasteiger partial charge >= 0.3 is 0 Å². The van der Waals surface area contributed by atoms with Crippen molar-refractivity contribution in [1.29, 1.82) is 0 Å². The number of guanidine groups is 1. The minimum Gasteiger partial charge on any atom is -0.378 e. The summed E-state index contributed by atoms with van der Waals surface area (Å²) in [7, 11) is 1.83. The molecule has 0 atom stereocenters. The number of hydrogen-bond donors (Lipinski definition) is 1. The number of benzene rings is 1. The maximum absolute atomic E-state index is 11.8. The molecule has 1 aromatic carbocycles. The van der Waals surface area contributed by atoms with Crippen LogP contribution in [-0.4, -0.2) is 56.2 Å². The minimum atomic E-state index is 0. The van der Waals surface area contributed by atoms with Gasteiger partial charge in [0.05, 0.1) is 6.10 Å².